The summed E-state index contributed by atoms with van der Waals surface area (Å²) in [6.45, 7) is 0. The summed E-state index contributed by atoms with van der Waals surface area (Å²) in [6, 6.07) is 43.0. The number of furan rings is 1. The molecule has 0 amide bonds. The smallest absolute Gasteiger partial charge is 0.207 e. The van der Waals surface area contributed by atoms with E-state index in [1.54, 1.807) is 12.1 Å². The van der Waals surface area contributed by atoms with Crippen molar-refractivity contribution >= 4 is 42.7 Å². The first-order valence-corrected chi connectivity index (χ1v) is 15.8. The number of hydrogen-bond acceptors (Lipinski definition) is 5. The Morgan fingerprint density at radius 2 is 1.09 bits per heavy atom. The van der Waals surface area contributed by atoms with Crippen molar-refractivity contribution in [3.8, 4) is 44.9 Å². The lowest BCUT2D eigenvalue weighted by molar-refractivity contribution is 0.598. The fourth-order valence-electron chi connectivity index (χ4n) is 6.30. The summed E-state index contributed by atoms with van der Waals surface area (Å²) in [6.07, 6.45) is 0. The van der Waals surface area contributed by atoms with Gasteiger partial charge in [-0.1, -0.05) is 97.1 Å². The van der Waals surface area contributed by atoms with Crippen LogP contribution in [-0.4, -0.2) is 18.4 Å². The second kappa shape index (κ2) is 9.20. The number of benzene rings is 6. The molecule has 8 aromatic rings. The van der Waals surface area contributed by atoms with Crippen LogP contribution in [0.25, 0.3) is 77.7 Å². The fraction of sp³-hybridized carbons (Fsp3) is 0. The van der Waals surface area contributed by atoms with Gasteiger partial charge in [0.25, 0.3) is 0 Å². The molecular formula is C38H22N2O3S. The maximum atomic E-state index is 14.0. The second-order valence-electron chi connectivity index (χ2n) is 11.0. The fourth-order valence-corrected chi connectivity index (χ4v) is 8.04. The Hall–Kier alpha value is -5.59. The predicted molar refractivity (Wildman–Crippen MR) is 174 cm³/mol. The van der Waals surface area contributed by atoms with Crippen LogP contribution in [0, 0.1) is 0 Å². The van der Waals surface area contributed by atoms with Gasteiger partial charge in [-0.15, -0.1) is 0 Å². The van der Waals surface area contributed by atoms with Gasteiger partial charge in [0, 0.05) is 38.4 Å². The summed E-state index contributed by atoms with van der Waals surface area (Å²) in [7, 11) is -3.77. The van der Waals surface area contributed by atoms with E-state index in [1.165, 1.54) is 0 Å². The van der Waals surface area contributed by atoms with Crippen molar-refractivity contribution < 1.29 is 12.8 Å². The Balaban J connectivity index is 1.16. The molecule has 0 atom stereocenters. The lowest BCUT2D eigenvalue weighted by Gasteiger charge is -2.10. The van der Waals surface area contributed by atoms with Crippen LogP contribution in [0.4, 0.5) is 0 Å². The van der Waals surface area contributed by atoms with E-state index in [4.69, 9.17) is 14.4 Å². The Bertz CT molecular complexity index is 2570. The van der Waals surface area contributed by atoms with Gasteiger partial charge in [-0.3, -0.25) is 0 Å². The van der Waals surface area contributed by atoms with Crippen molar-refractivity contribution in [1.82, 2.24) is 9.97 Å². The maximum Gasteiger partial charge on any atom is 0.207 e. The lowest BCUT2D eigenvalue weighted by atomic mass is 9.98. The lowest BCUT2D eigenvalue weighted by Crippen LogP contribution is -1.99. The highest BCUT2D eigenvalue weighted by Gasteiger charge is 2.34. The van der Waals surface area contributed by atoms with Gasteiger partial charge in [0.2, 0.25) is 9.84 Å². The van der Waals surface area contributed by atoms with E-state index in [1.807, 2.05) is 115 Å². The molecule has 5 nitrogen and oxygen atoms in total. The number of aromatic nitrogens is 2. The van der Waals surface area contributed by atoms with Gasteiger partial charge in [-0.25, -0.2) is 18.4 Å². The van der Waals surface area contributed by atoms with Crippen LogP contribution < -0.4 is 0 Å². The number of rotatable bonds is 3. The van der Waals surface area contributed by atoms with E-state index in [0.717, 1.165) is 55.2 Å². The average Bonchev–Trinajstić information content (AvgIpc) is 3.55. The minimum absolute atomic E-state index is 0.274. The van der Waals surface area contributed by atoms with Gasteiger partial charge < -0.3 is 4.42 Å². The topological polar surface area (TPSA) is 73.1 Å². The molecule has 0 fully saturated rings. The molecule has 208 valence electrons. The molecule has 0 N–H and O–H groups in total. The van der Waals surface area contributed by atoms with Gasteiger partial charge in [0.1, 0.15) is 11.2 Å². The summed E-state index contributed by atoms with van der Waals surface area (Å²) in [5.41, 5.74) is 8.02. The van der Waals surface area contributed by atoms with Gasteiger partial charge >= 0.3 is 0 Å². The molecule has 0 aliphatic carbocycles. The van der Waals surface area contributed by atoms with E-state index in [-0.39, 0.29) is 4.90 Å². The van der Waals surface area contributed by atoms with Crippen molar-refractivity contribution in [3.63, 3.8) is 0 Å². The minimum Gasteiger partial charge on any atom is -0.456 e. The molecule has 0 unspecified atom stereocenters. The first kappa shape index (κ1) is 25.0. The number of para-hydroxylation sites is 2. The molecule has 0 saturated carbocycles. The van der Waals surface area contributed by atoms with Gasteiger partial charge in [-0.2, -0.15) is 0 Å². The van der Waals surface area contributed by atoms with E-state index in [2.05, 4.69) is 6.07 Å². The first-order chi connectivity index (χ1) is 21.5. The molecule has 3 heterocycles. The van der Waals surface area contributed by atoms with Crippen molar-refractivity contribution in [1.29, 1.82) is 0 Å². The SMILES string of the molecule is O=S1(=O)c2cc(-c3ccc4oc5ccccc5c4c3)ccc2-c2ccc(-c3nc(-c4ccccc4)c4ccccc4n3)cc21. The molecule has 0 bridgehead atoms. The summed E-state index contributed by atoms with van der Waals surface area (Å²) in [5, 5.41) is 2.97. The Morgan fingerprint density at radius 1 is 0.477 bits per heavy atom. The molecule has 6 heteroatoms. The molecule has 9 rings (SSSR count). The quantitative estimate of drug-likeness (QED) is 0.206. The van der Waals surface area contributed by atoms with E-state index in [9.17, 15) is 8.42 Å². The summed E-state index contributed by atoms with van der Waals surface area (Å²) in [4.78, 5) is 10.4. The highest BCUT2D eigenvalue weighted by Crippen LogP contribution is 2.46. The Labute approximate surface area is 253 Å². The van der Waals surface area contributed by atoms with Crippen LogP contribution in [0.15, 0.2) is 148 Å². The molecule has 0 spiro atoms. The van der Waals surface area contributed by atoms with Crippen LogP contribution >= 0.6 is 0 Å². The third kappa shape index (κ3) is 3.68. The van der Waals surface area contributed by atoms with Gasteiger partial charge in [-0.05, 0) is 47.5 Å². The average molecular weight is 587 g/mol. The Morgan fingerprint density at radius 3 is 1.91 bits per heavy atom. The van der Waals surface area contributed by atoms with E-state index in [0.29, 0.717) is 27.4 Å². The highest BCUT2D eigenvalue weighted by molar-refractivity contribution is 7.92. The molecule has 0 radical (unpaired) electrons. The number of sulfone groups is 1. The third-order valence-corrected chi connectivity index (χ3v) is 10.3. The molecule has 6 aromatic carbocycles. The number of fused-ring (bicyclic) bond motifs is 7. The molecular weight excluding hydrogens is 564 g/mol. The zero-order valence-electron chi connectivity index (χ0n) is 23.2. The summed E-state index contributed by atoms with van der Waals surface area (Å²) in [5.74, 6) is 0.484. The van der Waals surface area contributed by atoms with Gasteiger partial charge in [0.15, 0.2) is 5.82 Å². The van der Waals surface area contributed by atoms with Crippen LogP contribution in [0.3, 0.4) is 0 Å². The van der Waals surface area contributed by atoms with Crippen molar-refractivity contribution in [2.45, 2.75) is 9.79 Å². The number of nitrogens with zero attached hydrogens (tertiary/aromatic N) is 2. The third-order valence-electron chi connectivity index (χ3n) is 8.45. The monoisotopic (exact) mass is 586 g/mol. The number of hydrogen-bond donors (Lipinski definition) is 0. The van der Waals surface area contributed by atoms with Crippen molar-refractivity contribution in [3.05, 3.63) is 133 Å². The summed E-state index contributed by atoms with van der Waals surface area (Å²) >= 11 is 0. The zero-order valence-corrected chi connectivity index (χ0v) is 24.0. The Kier molecular flexibility index (Phi) is 5.22. The predicted octanol–water partition coefficient (Wildman–Crippen LogP) is 9.34. The largest absolute Gasteiger partial charge is 0.456 e. The van der Waals surface area contributed by atoms with Crippen LogP contribution in [0.1, 0.15) is 0 Å². The van der Waals surface area contributed by atoms with E-state index >= 15 is 0 Å². The van der Waals surface area contributed by atoms with Crippen LogP contribution in [0.5, 0.6) is 0 Å². The molecule has 1 aliphatic heterocycles. The zero-order chi connectivity index (χ0) is 29.4. The first-order valence-electron chi connectivity index (χ1n) is 14.3. The standard InChI is InChI=1S/C38H22N2O3S/c41-44(42)35-21-25(24-16-19-34-31(20-24)27-10-5-7-13-33(27)43-34)14-17-28(35)29-18-15-26(22-36(29)44)38-39-32-12-6-4-11-30(32)37(40-38)23-8-2-1-3-9-23/h1-22H. The van der Waals surface area contributed by atoms with Crippen molar-refractivity contribution in [2.24, 2.45) is 0 Å². The minimum atomic E-state index is -3.77. The van der Waals surface area contributed by atoms with Gasteiger partial charge in [0.05, 0.1) is 21.0 Å². The molecule has 0 saturated heterocycles. The molecule has 1 aliphatic rings. The van der Waals surface area contributed by atoms with Crippen LogP contribution in [0.2, 0.25) is 0 Å². The maximum absolute atomic E-state index is 14.0. The second-order valence-corrected chi connectivity index (χ2v) is 12.9. The van der Waals surface area contributed by atoms with Crippen LogP contribution in [-0.2, 0) is 9.84 Å². The van der Waals surface area contributed by atoms with E-state index < -0.39 is 9.84 Å². The highest BCUT2D eigenvalue weighted by atomic mass is 32.2. The normalized spacial score (nSPS) is 13.4. The summed E-state index contributed by atoms with van der Waals surface area (Å²) < 4.78 is 34.1. The van der Waals surface area contributed by atoms with Crippen molar-refractivity contribution in [2.75, 3.05) is 0 Å². The molecule has 2 aromatic heterocycles. The molecule has 44 heavy (non-hydrogen) atoms.